The predicted octanol–water partition coefficient (Wildman–Crippen LogP) is 2.84. The summed E-state index contributed by atoms with van der Waals surface area (Å²) in [7, 11) is 2.01. The van der Waals surface area contributed by atoms with E-state index in [0.29, 0.717) is 0 Å². The molecule has 0 saturated carbocycles. The average molecular weight is 265 g/mol. The summed E-state index contributed by atoms with van der Waals surface area (Å²) < 4.78 is 3.11. The maximum absolute atomic E-state index is 6.19. The summed E-state index contributed by atoms with van der Waals surface area (Å²) in [5.74, 6) is 0. The van der Waals surface area contributed by atoms with Crippen molar-refractivity contribution in [2.24, 2.45) is 12.8 Å². The van der Waals surface area contributed by atoms with Gasteiger partial charge in [0, 0.05) is 23.4 Å². The van der Waals surface area contributed by atoms with Gasteiger partial charge in [0.1, 0.15) is 0 Å². The van der Waals surface area contributed by atoms with Crippen LogP contribution in [-0.4, -0.2) is 4.57 Å². The normalized spacial score (nSPS) is 12.7. The molecule has 2 nitrogen and oxygen atoms in total. The summed E-state index contributed by atoms with van der Waals surface area (Å²) >= 11 is 3.45. The molecule has 1 aromatic heterocycles. The number of halogens is 1. The highest BCUT2D eigenvalue weighted by atomic mass is 79.9. The molecule has 0 bridgehead atoms. The van der Waals surface area contributed by atoms with Crippen LogP contribution in [0, 0.1) is 0 Å². The van der Waals surface area contributed by atoms with Gasteiger partial charge in [0.05, 0.1) is 6.04 Å². The Kier molecular flexibility index (Phi) is 2.93. The molecule has 0 fully saturated rings. The number of aromatic nitrogens is 1. The van der Waals surface area contributed by atoms with Crippen molar-refractivity contribution in [3.8, 4) is 0 Å². The number of nitrogens with zero attached hydrogens (tertiary/aromatic N) is 1. The summed E-state index contributed by atoms with van der Waals surface area (Å²) in [5, 5.41) is 0. The van der Waals surface area contributed by atoms with Gasteiger partial charge in [0.25, 0.3) is 0 Å². The van der Waals surface area contributed by atoms with Crippen molar-refractivity contribution in [2.45, 2.75) is 6.04 Å². The second-order valence-corrected chi connectivity index (χ2v) is 4.49. The number of hydrogen-bond donors (Lipinski definition) is 1. The van der Waals surface area contributed by atoms with E-state index in [1.807, 2.05) is 48.1 Å². The molecule has 0 aliphatic rings. The van der Waals surface area contributed by atoms with Gasteiger partial charge in [-0.25, -0.2) is 0 Å². The first-order chi connectivity index (χ1) is 7.18. The summed E-state index contributed by atoms with van der Waals surface area (Å²) in [6.45, 7) is 0. The SMILES string of the molecule is Cn1cccc1C(N)c1cccc(Br)c1. The quantitative estimate of drug-likeness (QED) is 0.889. The van der Waals surface area contributed by atoms with Crippen molar-refractivity contribution in [3.05, 3.63) is 58.3 Å². The lowest BCUT2D eigenvalue weighted by Gasteiger charge is -2.13. The molecule has 1 aromatic carbocycles. The topological polar surface area (TPSA) is 30.9 Å². The lowest BCUT2D eigenvalue weighted by atomic mass is 10.1. The van der Waals surface area contributed by atoms with Crippen LogP contribution in [-0.2, 0) is 7.05 Å². The highest BCUT2D eigenvalue weighted by Gasteiger charge is 2.11. The molecule has 0 aliphatic carbocycles. The molecular weight excluding hydrogens is 252 g/mol. The van der Waals surface area contributed by atoms with Crippen LogP contribution >= 0.6 is 15.9 Å². The van der Waals surface area contributed by atoms with E-state index >= 15 is 0 Å². The Morgan fingerprint density at radius 3 is 2.67 bits per heavy atom. The van der Waals surface area contributed by atoms with E-state index in [-0.39, 0.29) is 6.04 Å². The van der Waals surface area contributed by atoms with Gasteiger partial charge >= 0.3 is 0 Å². The standard InChI is InChI=1S/C12H13BrN2/c1-15-7-3-6-11(15)12(14)9-4-2-5-10(13)8-9/h2-8,12H,14H2,1H3. The van der Waals surface area contributed by atoms with E-state index in [4.69, 9.17) is 5.73 Å². The molecule has 1 unspecified atom stereocenters. The second kappa shape index (κ2) is 4.21. The van der Waals surface area contributed by atoms with Crippen molar-refractivity contribution in [2.75, 3.05) is 0 Å². The molecule has 0 spiro atoms. The minimum atomic E-state index is -0.0671. The highest BCUT2D eigenvalue weighted by Crippen LogP contribution is 2.22. The monoisotopic (exact) mass is 264 g/mol. The maximum Gasteiger partial charge on any atom is 0.0706 e. The summed E-state index contributed by atoms with van der Waals surface area (Å²) in [6, 6.07) is 12.1. The van der Waals surface area contributed by atoms with Gasteiger partial charge in [-0.15, -0.1) is 0 Å². The number of hydrogen-bond acceptors (Lipinski definition) is 1. The zero-order valence-electron chi connectivity index (χ0n) is 8.52. The molecule has 1 heterocycles. The van der Waals surface area contributed by atoms with Crippen molar-refractivity contribution in [1.82, 2.24) is 4.57 Å². The molecule has 3 heteroatoms. The Hall–Kier alpha value is -1.06. The smallest absolute Gasteiger partial charge is 0.0706 e. The third-order valence-electron chi connectivity index (χ3n) is 2.51. The van der Waals surface area contributed by atoms with E-state index in [2.05, 4.69) is 22.0 Å². The largest absolute Gasteiger partial charge is 0.353 e. The van der Waals surface area contributed by atoms with Crippen LogP contribution in [0.5, 0.6) is 0 Å². The summed E-state index contributed by atoms with van der Waals surface area (Å²) in [5.41, 5.74) is 8.42. The van der Waals surface area contributed by atoms with E-state index in [0.717, 1.165) is 15.7 Å². The molecule has 2 N–H and O–H groups in total. The van der Waals surface area contributed by atoms with Crippen molar-refractivity contribution < 1.29 is 0 Å². The van der Waals surface area contributed by atoms with E-state index < -0.39 is 0 Å². The molecule has 0 aliphatic heterocycles. The molecule has 2 rings (SSSR count). The Bertz CT molecular complexity index is 462. The summed E-state index contributed by atoms with van der Waals surface area (Å²) in [6.07, 6.45) is 2.01. The predicted molar refractivity (Wildman–Crippen MR) is 65.6 cm³/mol. The van der Waals surface area contributed by atoms with Crippen LogP contribution < -0.4 is 5.73 Å². The fourth-order valence-electron chi connectivity index (χ4n) is 1.67. The number of nitrogens with two attached hydrogens (primary N) is 1. The van der Waals surface area contributed by atoms with Gasteiger partial charge in [0.2, 0.25) is 0 Å². The van der Waals surface area contributed by atoms with Gasteiger partial charge < -0.3 is 10.3 Å². The van der Waals surface area contributed by atoms with Gasteiger partial charge in [-0.2, -0.15) is 0 Å². The maximum atomic E-state index is 6.19. The first kappa shape index (κ1) is 10.5. The fraction of sp³-hybridized carbons (Fsp3) is 0.167. The highest BCUT2D eigenvalue weighted by molar-refractivity contribution is 9.10. The van der Waals surface area contributed by atoms with E-state index in [1.165, 1.54) is 0 Å². The van der Waals surface area contributed by atoms with Gasteiger partial charge in [-0.05, 0) is 29.8 Å². The molecule has 0 radical (unpaired) electrons. The number of benzene rings is 1. The van der Waals surface area contributed by atoms with Crippen LogP contribution in [0.3, 0.4) is 0 Å². The third kappa shape index (κ3) is 2.13. The Morgan fingerprint density at radius 1 is 1.27 bits per heavy atom. The van der Waals surface area contributed by atoms with E-state index in [9.17, 15) is 0 Å². The zero-order chi connectivity index (χ0) is 10.8. The minimum absolute atomic E-state index is 0.0671. The van der Waals surface area contributed by atoms with Crippen LogP contribution in [0.2, 0.25) is 0 Å². The van der Waals surface area contributed by atoms with Gasteiger partial charge in [-0.3, -0.25) is 0 Å². The Morgan fingerprint density at radius 2 is 2.07 bits per heavy atom. The number of aryl methyl sites for hydroxylation is 1. The summed E-state index contributed by atoms with van der Waals surface area (Å²) in [4.78, 5) is 0. The fourth-order valence-corrected chi connectivity index (χ4v) is 2.09. The molecule has 78 valence electrons. The second-order valence-electron chi connectivity index (χ2n) is 3.58. The molecular formula is C12H13BrN2. The van der Waals surface area contributed by atoms with Crippen LogP contribution in [0.25, 0.3) is 0 Å². The van der Waals surface area contributed by atoms with E-state index in [1.54, 1.807) is 0 Å². The molecule has 1 atom stereocenters. The molecule has 0 amide bonds. The average Bonchev–Trinajstić information content (AvgIpc) is 2.63. The van der Waals surface area contributed by atoms with Crippen molar-refractivity contribution >= 4 is 15.9 Å². The minimum Gasteiger partial charge on any atom is -0.353 e. The van der Waals surface area contributed by atoms with Crippen LogP contribution in [0.1, 0.15) is 17.3 Å². The lowest BCUT2D eigenvalue weighted by Crippen LogP contribution is -2.15. The third-order valence-corrected chi connectivity index (χ3v) is 3.00. The molecule has 0 saturated heterocycles. The zero-order valence-corrected chi connectivity index (χ0v) is 10.1. The Labute approximate surface area is 97.8 Å². The van der Waals surface area contributed by atoms with Crippen LogP contribution in [0.4, 0.5) is 0 Å². The van der Waals surface area contributed by atoms with Crippen molar-refractivity contribution in [1.29, 1.82) is 0 Å². The Balaban J connectivity index is 2.36. The first-order valence-corrected chi connectivity index (χ1v) is 5.60. The van der Waals surface area contributed by atoms with Crippen molar-refractivity contribution in [3.63, 3.8) is 0 Å². The van der Waals surface area contributed by atoms with Crippen LogP contribution in [0.15, 0.2) is 47.1 Å². The number of rotatable bonds is 2. The first-order valence-electron chi connectivity index (χ1n) is 4.81. The lowest BCUT2D eigenvalue weighted by molar-refractivity contribution is 0.746. The van der Waals surface area contributed by atoms with Gasteiger partial charge in [-0.1, -0.05) is 28.1 Å². The van der Waals surface area contributed by atoms with Gasteiger partial charge in [0.15, 0.2) is 0 Å². The molecule has 15 heavy (non-hydrogen) atoms. The molecule has 2 aromatic rings.